The summed E-state index contributed by atoms with van der Waals surface area (Å²) >= 11 is 0. The van der Waals surface area contributed by atoms with E-state index in [1.807, 2.05) is 0 Å². The fourth-order valence-corrected chi connectivity index (χ4v) is 7.07. The largest absolute Gasteiger partial charge is 0.465 e. The van der Waals surface area contributed by atoms with Crippen molar-refractivity contribution in [1.82, 2.24) is 4.90 Å². The number of ether oxygens (including phenoxy) is 2. The molecule has 322 valence electrons. The van der Waals surface area contributed by atoms with Crippen molar-refractivity contribution < 1.29 is 23.9 Å². The minimum Gasteiger partial charge on any atom is -0.465 e. The first-order chi connectivity index (χ1) is 27.4. The molecular formula is C48H85N3O5. The van der Waals surface area contributed by atoms with Crippen LogP contribution in [0.25, 0.3) is 0 Å². The third kappa shape index (κ3) is 29.5. The van der Waals surface area contributed by atoms with E-state index < -0.39 is 6.04 Å². The summed E-state index contributed by atoms with van der Waals surface area (Å²) in [5.74, 6) is -0.672. The van der Waals surface area contributed by atoms with Gasteiger partial charge in [0.1, 0.15) is 0 Å². The van der Waals surface area contributed by atoms with Gasteiger partial charge in [0.25, 0.3) is 0 Å². The molecule has 8 nitrogen and oxygen atoms in total. The summed E-state index contributed by atoms with van der Waals surface area (Å²) in [6, 6.07) is -0.581. The zero-order valence-electron chi connectivity index (χ0n) is 36.1. The molecule has 0 radical (unpaired) electrons. The van der Waals surface area contributed by atoms with Gasteiger partial charge in [0.2, 0.25) is 5.91 Å². The summed E-state index contributed by atoms with van der Waals surface area (Å²) in [5, 5.41) is 0. The molecule has 0 bridgehead atoms. The minimum absolute atomic E-state index is 0.0904. The lowest BCUT2D eigenvalue weighted by Crippen LogP contribution is -2.43. The molecule has 1 aliphatic heterocycles. The highest BCUT2D eigenvalue weighted by atomic mass is 16.5. The fourth-order valence-electron chi connectivity index (χ4n) is 7.07. The Morgan fingerprint density at radius 2 is 0.946 bits per heavy atom. The quantitative estimate of drug-likeness (QED) is 0.0365. The van der Waals surface area contributed by atoms with Crippen molar-refractivity contribution in [2.75, 3.05) is 32.8 Å². The number of allylic oxidation sites excluding steroid dienone is 8. The number of nitrogens with zero attached hydrogens (tertiary/aromatic N) is 1. The second-order valence-electron chi connectivity index (χ2n) is 16.0. The molecule has 4 N–H and O–H groups in total. The lowest BCUT2D eigenvalue weighted by Gasteiger charge is -2.21. The number of hydrogen-bond donors (Lipinski definition) is 2. The van der Waals surface area contributed by atoms with Crippen LogP contribution in [0.2, 0.25) is 0 Å². The second-order valence-corrected chi connectivity index (χ2v) is 16.0. The van der Waals surface area contributed by atoms with Crippen LogP contribution in [0.5, 0.6) is 0 Å². The molecule has 1 fully saturated rings. The van der Waals surface area contributed by atoms with E-state index in [-0.39, 0.29) is 42.9 Å². The first kappa shape index (κ1) is 51.3. The monoisotopic (exact) mass is 784 g/mol. The lowest BCUT2D eigenvalue weighted by molar-refractivity contribution is -0.149. The van der Waals surface area contributed by atoms with Crippen LogP contribution in [0, 0.1) is 11.8 Å². The van der Waals surface area contributed by atoms with Crippen LogP contribution in [-0.2, 0) is 23.9 Å². The van der Waals surface area contributed by atoms with Gasteiger partial charge in [0.15, 0.2) is 0 Å². The van der Waals surface area contributed by atoms with Gasteiger partial charge in [-0.25, -0.2) is 0 Å². The topological polar surface area (TPSA) is 125 Å². The number of unbranched alkanes of at least 4 members (excludes halogenated alkanes) is 17. The Morgan fingerprint density at radius 1 is 0.554 bits per heavy atom. The minimum atomic E-state index is -0.581. The molecule has 56 heavy (non-hydrogen) atoms. The van der Waals surface area contributed by atoms with E-state index in [1.54, 1.807) is 4.90 Å². The molecule has 1 rings (SSSR count). The number of amides is 1. The van der Waals surface area contributed by atoms with E-state index in [0.717, 1.165) is 77.0 Å². The van der Waals surface area contributed by atoms with Crippen LogP contribution >= 0.6 is 0 Å². The predicted molar refractivity (Wildman–Crippen MR) is 235 cm³/mol. The van der Waals surface area contributed by atoms with Crippen LogP contribution in [0.4, 0.5) is 0 Å². The SMILES string of the molecule is CCCCC/C=C\C/C=C\CCCCCCCC(=O)OC[C@@H]1CN(C(=O)[C@@H](N)CCCCN)C[C@H]1COC(=O)CCCCCCC/C=C\C/C=C\CCCCC. The molecule has 0 aromatic carbocycles. The summed E-state index contributed by atoms with van der Waals surface area (Å²) in [6.07, 6.45) is 46.3. The number of esters is 2. The summed E-state index contributed by atoms with van der Waals surface area (Å²) < 4.78 is 11.5. The van der Waals surface area contributed by atoms with Gasteiger partial charge in [-0.05, 0) is 96.4 Å². The third-order valence-electron chi connectivity index (χ3n) is 10.8. The molecule has 0 aromatic rings. The van der Waals surface area contributed by atoms with Crippen molar-refractivity contribution in [3.63, 3.8) is 0 Å². The van der Waals surface area contributed by atoms with Crippen LogP contribution in [0.3, 0.4) is 0 Å². The highest BCUT2D eigenvalue weighted by molar-refractivity contribution is 5.82. The number of likely N-dealkylation sites (tertiary alicyclic amines) is 1. The van der Waals surface area contributed by atoms with Crippen LogP contribution in [0.15, 0.2) is 48.6 Å². The maximum atomic E-state index is 13.2. The van der Waals surface area contributed by atoms with Crippen molar-refractivity contribution in [3.05, 3.63) is 48.6 Å². The van der Waals surface area contributed by atoms with E-state index in [2.05, 4.69) is 62.5 Å². The Balaban J connectivity index is 2.34. The van der Waals surface area contributed by atoms with E-state index in [9.17, 15) is 14.4 Å². The Bertz CT molecular complexity index is 1020. The average Bonchev–Trinajstić information content (AvgIpc) is 3.61. The fraction of sp³-hybridized carbons (Fsp3) is 0.771. The zero-order chi connectivity index (χ0) is 40.7. The molecule has 1 aliphatic rings. The second kappa shape index (κ2) is 37.8. The maximum Gasteiger partial charge on any atom is 0.305 e. The summed E-state index contributed by atoms with van der Waals surface area (Å²) in [4.78, 5) is 40.3. The lowest BCUT2D eigenvalue weighted by atomic mass is 9.98. The molecule has 1 saturated heterocycles. The van der Waals surface area contributed by atoms with Gasteiger partial charge >= 0.3 is 11.9 Å². The highest BCUT2D eigenvalue weighted by Gasteiger charge is 2.38. The van der Waals surface area contributed by atoms with E-state index in [0.29, 0.717) is 38.9 Å². The van der Waals surface area contributed by atoms with Crippen molar-refractivity contribution in [3.8, 4) is 0 Å². The molecule has 0 spiro atoms. The Morgan fingerprint density at radius 3 is 1.36 bits per heavy atom. The number of carbonyl (C=O) groups is 3. The maximum absolute atomic E-state index is 13.2. The first-order valence-corrected chi connectivity index (χ1v) is 23.1. The van der Waals surface area contributed by atoms with Crippen molar-refractivity contribution in [2.45, 2.75) is 193 Å². The van der Waals surface area contributed by atoms with Gasteiger partial charge in [-0.1, -0.05) is 133 Å². The summed E-state index contributed by atoms with van der Waals surface area (Å²) in [6.45, 7) is 6.40. The molecule has 0 aromatic heterocycles. The Labute approximate surface area is 343 Å². The number of hydrogen-bond acceptors (Lipinski definition) is 7. The molecule has 0 saturated carbocycles. The van der Waals surface area contributed by atoms with Crippen LogP contribution in [-0.4, -0.2) is 61.6 Å². The van der Waals surface area contributed by atoms with Gasteiger partial charge in [-0.2, -0.15) is 0 Å². The van der Waals surface area contributed by atoms with E-state index >= 15 is 0 Å². The number of carbonyl (C=O) groups excluding carboxylic acids is 3. The standard InChI is InChI=1S/C48H85N3O5/c1-3-5-7-9-11-13-15-17-19-21-23-25-27-29-31-36-46(52)55-41-43-39-51(48(54)45(50)35-33-34-38-49)40-44(43)42-56-47(53)37-32-30-28-26-24-22-20-18-16-14-12-10-8-6-4-2/h11-14,17-20,43-45H,3-10,15-16,21-42,49-50H2,1-2H3/b13-11-,14-12-,19-17-,20-18-/t43-,44-,45-/m0/s1. The number of rotatable bonds is 37. The smallest absolute Gasteiger partial charge is 0.305 e. The molecule has 1 amide bonds. The van der Waals surface area contributed by atoms with Gasteiger partial charge in [0, 0.05) is 37.8 Å². The molecule has 0 aliphatic carbocycles. The number of nitrogens with two attached hydrogens (primary N) is 2. The predicted octanol–water partition coefficient (Wildman–Crippen LogP) is 11.2. The van der Waals surface area contributed by atoms with E-state index in [1.165, 1.54) is 77.0 Å². The van der Waals surface area contributed by atoms with Crippen LogP contribution in [0.1, 0.15) is 187 Å². The Kier molecular flexibility index (Phi) is 34.7. The summed E-state index contributed by atoms with van der Waals surface area (Å²) in [7, 11) is 0. The normalized spacial score (nSPS) is 16.6. The molecule has 3 atom stereocenters. The van der Waals surface area contributed by atoms with Gasteiger partial charge in [-0.3, -0.25) is 14.4 Å². The van der Waals surface area contributed by atoms with Crippen molar-refractivity contribution >= 4 is 17.8 Å². The van der Waals surface area contributed by atoms with Gasteiger partial charge in [0.05, 0.1) is 19.3 Å². The van der Waals surface area contributed by atoms with Crippen LogP contribution < -0.4 is 11.5 Å². The molecule has 8 heteroatoms. The van der Waals surface area contributed by atoms with E-state index in [4.69, 9.17) is 20.9 Å². The summed E-state index contributed by atoms with van der Waals surface area (Å²) in [5.41, 5.74) is 11.9. The average molecular weight is 784 g/mol. The van der Waals surface area contributed by atoms with Crippen molar-refractivity contribution in [1.29, 1.82) is 0 Å². The molecular weight excluding hydrogens is 699 g/mol. The van der Waals surface area contributed by atoms with Gasteiger partial charge in [-0.15, -0.1) is 0 Å². The first-order valence-electron chi connectivity index (χ1n) is 23.1. The highest BCUT2D eigenvalue weighted by Crippen LogP contribution is 2.26. The van der Waals surface area contributed by atoms with Crippen molar-refractivity contribution in [2.24, 2.45) is 23.3 Å². The Hall–Kier alpha value is -2.71. The zero-order valence-corrected chi connectivity index (χ0v) is 36.1. The molecule has 1 heterocycles. The third-order valence-corrected chi connectivity index (χ3v) is 10.8. The van der Waals surface area contributed by atoms with Gasteiger partial charge < -0.3 is 25.8 Å². The molecule has 0 unspecified atom stereocenters.